The summed E-state index contributed by atoms with van der Waals surface area (Å²) >= 11 is 6.16. The second kappa shape index (κ2) is 14.3. The number of fused-ring (bicyclic) bond motifs is 3. The highest BCUT2D eigenvalue weighted by atomic mass is 35.5. The van der Waals surface area contributed by atoms with Gasteiger partial charge in [-0.05, 0) is 79.1 Å². The van der Waals surface area contributed by atoms with Gasteiger partial charge < -0.3 is 29.5 Å². The van der Waals surface area contributed by atoms with Crippen LogP contribution in [0.4, 0.5) is 24.5 Å². The van der Waals surface area contributed by atoms with Gasteiger partial charge in [0.1, 0.15) is 18.0 Å². The molecule has 2 N–H and O–H groups in total. The van der Waals surface area contributed by atoms with E-state index >= 15 is 0 Å². The average Bonchev–Trinajstić information content (AvgIpc) is 3.84. The number of aryl methyl sites for hydroxylation is 2. The first kappa shape index (κ1) is 36.5. The van der Waals surface area contributed by atoms with E-state index in [0.29, 0.717) is 30.9 Å². The van der Waals surface area contributed by atoms with E-state index in [1.165, 1.54) is 0 Å². The van der Waals surface area contributed by atoms with Crippen LogP contribution in [0.15, 0.2) is 47.3 Å². The largest absolute Gasteiger partial charge is 0.505 e. The molecule has 0 atom stereocenters. The Morgan fingerprint density at radius 2 is 1.73 bits per heavy atom. The molecule has 55 heavy (non-hydrogen) atoms. The Labute approximate surface area is 317 Å². The molecule has 3 aromatic heterocycles. The van der Waals surface area contributed by atoms with Crippen LogP contribution in [-0.4, -0.2) is 72.1 Å². The number of nitrogens with one attached hydrogen (secondary N) is 1. The number of carbonyl (C=O) groups is 2. The molecule has 2 amide bonds. The van der Waals surface area contributed by atoms with Gasteiger partial charge >= 0.3 is 6.18 Å². The fraction of sp³-hybridized carbons (Fsp3) is 0.368. The number of piperazine rings is 1. The number of halogens is 4. The van der Waals surface area contributed by atoms with Gasteiger partial charge in [-0.15, -0.1) is 5.10 Å². The quantitative estimate of drug-likeness (QED) is 0.222. The summed E-state index contributed by atoms with van der Waals surface area (Å²) in [6, 6.07) is 9.95. The van der Waals surface area contributed by atoms with Crippen molar-refractivity contribution in [3.63, 3.8) is 0 Å². The number of pyridine rings is 1. The first-order valence-corrected chi connectivity index (χ1v) is 18.4. The molecule has 5 heterocycles. The Morgan fingerprint density at radius 1 is 0.964 bits per heavy atom. The molecule has 286 valence electrons. The third-order valence-corrected chi connectivity index (χ3v) is 10.7. The van der Waals surface area contributed by atoms with Gasteiger partial charge in [-0.3, -0.25) is 14.4 Å². The van der Waals surface area contributed by atoms with Crippen molar-refractivity contribution in [3.05, 3.63) is 97.2 Å². The van der Waals surface area contributed by atoms with Gasteiger partial charge in [-0.25, -0.2) is 4.98 Å². The minimum atomic E-state index is -4.62. The monoisotopic (exact) mass is 776 g/mol. The fourth-order valence-electron chi connectivity index (χ4n) is 7.55. The molecule has 0 radical (unpaired) electrons. The first-order chi connectivity index (χ1) is 26.4. The predicted molar refractivity (Wildman–Crippen MR) is 196 cm³/mol. The molecule has 8 rings (SSSR count). The van der Waals surface area contributed by atoms with Crippen molar-refractivity contribution in [1.82, 2.24) is 29.0 Å². The van der Waals surface area contributed by atoms with E-state index < -0.39 is 29.1 Å². The molecular weight excluding hydrogens is 741 g/mol. The summed E-state index contributed by atoms with van der Waals surface area (Å²) in [4.78, 5) is 54.4. The number of rotatable bonds is 7. The van der Waals surface area contributed by atoms with Crippen LogP contribution in [-0.2, 0) is 54.7 Å². The number of benzene rings is 2. The maximum Gasteiger partial charge on any atom is 0.416 e. The van der Waals surface area contributed by atoms with Crippen LogP contribution >= 0.6 is 11.6 Å². The summed E-state index contributed by atoms with van der Waals surface area (Å²) in [7, 11) is 0. The SMILES string of the molecule is CCc1c(N2CCN(C(=O)c3nc4c(cc3O)CCCC4)CC2)c(=O)n2nc(-c3ccc4c(c3)COC4)nc2n1CC(=O)Nc1ccc(C(F)(F)F)cc1Cl. The molecule has 3 aliphatic rings. The molecule has 5 aromatic rings. The molecule has 0 spiro atoms. The van der Waals surface area contributed by atoms with Crippen LogP contribution in [0.3, 0.4) is 0 Å². The topological polar surface area (TPSA) is 147 Å². The molecule has 0 unspecified atom stereocenters. The standard InChI is InChI=1S/C38H36ClF3N8O5/c1-2-29-33(47-11-13-48(14-12-47)35(53)32-30(51)16-21-5-3-4-6-27(21)44-32)36(54)50-37(45-34(46-50)22-7-8-23-19-55-20-24(23)15-22)49(29)18-31(52)43-28-10-9-25(17-26(28)39)38(40,41)42/h7-10,15-17,51H,2-6,11-14,18-20H2,1H3,(H,43,52). The molecule has 13 nitrogen and oxygen atoms in total. The minimum absolute atomic E-state index is 0.0135. The first-order valence-electron chi connectivity index (χ1n) is 18.0. The minimum Gasteiger partial charge on any atom is -0.505 e. The lowest BCUT2D eigenvalue weighted by molar-refractivity contribution is -0.137. The van der Waals surface area contributed by atoms with Crippen LogP contribution < -0.4 is 15.8 Å². The molecule has 0 bridgehead atoms. The smallest absolute Gasteiger partial charge is 0.416 e. The maximum absolute atomic E-state index is 14.4. The third kappa shape index (κ3) is 6.88. The van der Waals surface area contributed by atoms with Crippen LogP contribution in [0.2, 0.25) is 5.02 Å². The number of nitrogens with zero attached hydrogens (tertiary/aromatic N) is 7. The van der Waals surface area contributed by atoms with Crippen LogP contribution in [0.25, 0.3) is 17.2 Å². The van der Waals surface area contributed by atoms with Crippen molar-refractivity contribution in [1.29, 1.82) is 0 Å². The maximum atomic E-state index is 14.4. The van der Waals surface area contributed by atoms with Crippen LogP contribution in [0.1, 0.15) is 63.9 Å². The third-order valence-electron chi connectivity index (χ3n) is 10.4. The van der Waals surface area contributed by atoms with E-state index in [-0.39, 0.29) is 72.2 Å². The van der Waals surface area contributed by atoms with Crippen molar-refractivity contribution in [2.75, 3.05) is 36.4 Å². The zero-order valence-corrected chi connectivity index (χ0v) is 30.5. The van der Waals surface area contributed by atoms with Gasteiger partial charge in [0.05, 0.1) is 35.2 Å². The van der Waals surface area contributed by atoms with Crippen molar-refractivity contribution in [2.45, 2.75) is 65.0 Å². The zero-order chi connectivity index (χ0) is 38.6. The van der Waals surface area contributed by atoms with Gasteiger partial charge in [0.25, 0.3) is 11.5 Å². The summed E-state index contributed by atoms with van der Waals surface area (Å²) in [5.41, 5.74) is 3.77. The van der Waals surface area contributed by atoms with Crippen molar-refractivity contribution < 1.29 is 32.6 Å². The van der Waals surface area contributed by atoms with Crippen LogP contribution in [0.5, 0.6) is 5.75 Å². The number of carbonyl (C=O) groups excluding carboxylic acids is 2. The zero-order valence-electron chi connectivity index (χ0n) is 29.7. The molecule has 2 aromatic carbocycles. The number of amides is 2. The Hall–Kier alpha value is -5.48. The summed E-state index contributed by atoms with van der Waals surface area (Å²) in [5.74, 6) is -0.829. The lowest BCUT2D eigenvalue weighted by atomic mass is 9.95. The molecule has 1 saturated heterocycles. The van der Waals surface area contributed by atoms with E-state index in [9.17, 15) is 32.7 Å². The summed E-state index contributed by atoms with van der Waals surface area (Å²) in [6.07, 6.45) is -0.786. The van der Waals surface area contributed by atoms with E-state index in [1.54, 1.807) is 15.5 Å². The summed E-state index contributed by atoms with van der Waals surface area (Å²) in [5, 5.41) is 17.6. The molecule has 1 fully saturated rings. The number of alkyl halides is 3. The highest BCUT2D eigenvalue weighted by Crippen LogP contribution is 2.34. The molecular formula is C38H36ClF3N8O5. The average molecular weight is 777 g/mol. The van der Waals surface area contributed by atoms with Crippen molar-refractivity contribution in [2.24, 2.45) is 0 Å². The van der Waals surface area contributed by atoms with Gasteiger partial charge in [0, 0.05) is 37.4 Å². The lowest BCUT2D eigenvalue weighted by Crippen LogP contribution is -2.51. The van der Waals surface area contributed by atoms with E-state index in [0.717, 1.165) is 70.8 Å². The van der Waals surface area contributed by atoms with E-state index in [1.807, 2.05) is 30.0 Å². The van der Waals surface area contributed by atoms with Crippen molar-refractivity contribution in [3.8, 4) is 17.1 Å². The van der Waals surface area contributed by atoms with Gasteiger partial charge in [0.2, 0.25) is 11.7 Å². The number of ether oxygens (including phenoxy) is 1. The second-order valence-electron chi connectivity index (χ2n) is 13.9. The molecule has 0 saturated carbocycles. The second-order valence-corrected chi connectivity index (χ2v) is 14.3. The predicted octanol–water partition coefficient (Wildman–Crippen LogP) is 5.40. The highest BCUT2D eigenvalue weighted by Gasteiger charge is 2.33. The molecule has 1 aliphatic carbocycles. The van der Waals surface area contributed by atoms with Gasteiger partial charge in [0.15, 0.2) is 11.5 Å². The summed E-state index contributed by atoms with van der Waals surface area (Å²) < 4.78 is 48.1. The molecule has 2 aliphatic heterocycles. The normalized spacial score (nSPS) is 15.7. The fourth-order valence-corrected chi connectivity index (χ4v) is 7.78. The summed E-state index contributed by atoms with van der Waals surface area (Å²) in [6.45, 7) is 3.33. The number of aromatic hydroxyl groups is 1. The van der Waals surface area contributed by atoms with Gasteiger partial charge in [-0.2, -0.15) is 22.7 Å². The van der Waals surface area contributed by atoms with E-state index in [2.05, 4.69) is 15.4 Å². The van der Waals surface area contributed by atoms with Gasteiger partial charge in [-0.1, -0.05) is 30.7 Å². The van der Waals surface area contributed by atoms with Crippen LogP contribution in [0, 0.1) is 0 Å². The number of hydrogen-bond donors (Lipinski definition) is 2. The Morgan fingerprint density at radius 3 is 2.47 bits per heavy atom. The van der Waals surface area contributed by atoms with E-state index in [4.69, 9.17) is 21.3 Å². The van der Waals surface area contributed by atoms with Crippen molar-refractivity contribution >= 4 is 40.6 Å². The Balaban J connectivity index is 1.13. The lowest BCUT2D eigenvalue weighted by Gasteiger charge is -2.36. The number of anilines is 2. The Bertz CT molecular complexity index is 2420. The highest BCUT2D eigenvalue weighted by molar-refractivity contribution is 6.33. The number of aromatic nitrogens is 5. The number of hydrogen-bond acceptors (Lipinski definition) is 9. The Kier molecular flexibility index (Phi) is 9.49. The molecule has 17 heteroatoms.